The summed E-state index contributed by atoms with van der Waals surface area (Å²) in [5.74, 6) is -0.935. The van der Waals surface area contributed by atoms with Crippen molar-refractivity contribution in [2.45, 2.75) is 6.92 Å². The van der Waals surface area contributed by atoms with Gasteiger partial charge < -0.3 is 10.8 Å². The maximum Gasteiger partial charge on any atom is 0.330 e. The molecule has 0 fully saturated rings. The minimum atomic E-state index is -0.935. The first-order valence-electron chi connectivity index (χ1n) is 2.11. The first-order valence-corrected chi connectivity index (χ1v) is 2.11. The maximum atomic E-state index is 9.60. The van der Waals surface area contributed by atoms with Crippen LogP contribution in [0.5, 0.6) is 0 Å². The van der Waals surface area contributed by atoms with Crippen molar-refractivity contribution in [2.24, 2.45) is 5.73 Å². The Morgan fingerprint density at radius 1 is 1.62 bits per heavy atom. The molecule has 0 radical (unpaired) electrons. The molecule has 0 saturated carbocycles. The SMILES string of the molecule is C=C(C)C(=O)O.CN. The second kappa shape index (κ2) is 6.17. The lowest BCUT2D eigenvalue weighted by atomic mass is 10.4. The Morgan fingerprint density at radius 3 is 1.75 bits per heavy atom. The molecule has 3 heteroatoms. The summed E-state index contributed by atoms with van der Waals surface area (Å²) in [6.07, 6.45) is 0. The molecule has 0 heterocycles. The summed E-state index contributed by atoms with van der Waals surface area (Å²) in [5.41, 5.74) is 4.68. The minimum absolute atomic E-state index is 0.176. The number of rotatable bonds is 1. The van der Waals surface area contributed by atoms with Crippen molar-refractivity contribution in [3.63, 3.8) is 0 Å². The average Bonchev–Trinajstić information content (AvgIpc) is 1.72. The molecule has 0 unspecified atom stereocenters. The van der Waals surface area contributed by atoms with E-state index in [2.05, 4.69) is 12.3 Å². The van der Waals surface area contributed by atoms with Crippen molar-refractivity contribution in [3.05, 3.63) is 12.2 Å². The minimum Gasteiger partial charge on any atom is -0.478 e. The van der Waals surface area contributed by atoms with Gasteiger partial charge in [0.2, 0.25) is 0 Å². The molecule has 3 N–H and O–H groups in total. The van der Waals surface area contributed by atoms with Crippen molar-refractivity contribution in [1.29, 1.82) is 0 Å². The normalized spacial score (nSPS) is 6.38. The first-order chi connectivity index (χ1) is 3.64. The number of carbonyl (C=O) groups is 1. The molecule has 0 spiro atoms. The van der Waals surface area contributed by atoms with Crippen LogP contribution in [0.3, 0.4) is 0 Å². The molecular formula is C5H11NO2. The van der Waals surface area contributed by atoms with E-state index in [1.165, 1.54) is 14.0 Å². The fourth-order valence-corrected chi connectivity index (χ4v) is 0. The maximum absolute atomic E-state index is 9.60. The van der Waals surface area contributed by atoms with E-state index in [9.17, 15) is 4.79 Å². The monoisotopic (exact) mass is 117 g/mol. The predicted octanol–water partition coefficient (Wildman–Crippen LogP) is 0.222. The van der Waals surface area contributed by atoms with Crippen molar-refractivity contribution >= 4 is 5.97 Å². The second-order valence-electron chi connectivity index (χ2n) is 1.09. The Labute approximate surface area is 48.8 Å². The number of nitrogens with two attached hydrogens (primary N) is 1. The lowest BCUT2D eigenvalue weighted by Crippen LogP contribution is -1.92. The van der Waals surface area contributed by atoms with Crippen LogP contribution in [0.4, 0.5) is 0 Å². The van der Waals surface area contributed by atoms with Crippen LogP contribution < -0.4 is 5.73 Å². The third-order valence-electron chi connectivity index (χ3n) is 0.365. The highest BCUT2D eigenvalue weighted by atomic mass is 16.4. The zero-order valence-corrected chi connectivity index (χ0v) is 5.14. The van der Waals surface area contributed by atoms with Gasteiger partial charge in [0.1, 0.15) is 0 Å². The lowest BCUT2D eigenvalue weighted by Gasteiger charge is -1.79. The number of carboxylic acids is 1. The van der Waals surface area contributed by atoms with E-state index in [-0.39, 0.29) is 5.57 Å². The van der Waals surface area contributed by atoms with E-state index in [1.54, 1.807) is 0 Å². The highest BCUT2D eigenvalue weighted by molar-refractivity contribution is 5.84. The summed E-state index contributed by atoms with van der Waals surface area (Å²) >= 11 is 0. The van der Waals surface area contributed by atoms with Gasteiger partial charge in [0, 0.05) is 5.57 Å². The standard InChI is InChI=1S/C4H6O2.CH5N/c1-3(2)4(5)6;1-2/h1H2,2H3,(H,5,6);2H2,1H3. The van der Waals surface area contributed by atoms with Crippen LogP contribution >= 0.6 is 0 Å². The molecule has 0 aliphatic heterocycles. The van der Waals surface area contributed by atoms with Gasteiger partial charge in [-0.15, -0.1) is 0 Å². The van der Waals surface area contributed by atoms with Gasteiger partial charge in [-0.3, -0.25) is 0 Å². The number of aliphatic carboxylic acids is 1. The Hall–Kier alpha value is -0.830. The molecule has 8 heavy (non-hydrogen) atoms. The number of hydrogen-bond donors (Lipinski definition) is 2. The molecule has 0 amide bonds. The van der Waals surface area contributed by atoms with Gasteiger partial charge in [-0.1, -0.05) is 6.58 Å². The van der Waals surface area contributed by atoms with Crippen molar-refractivity contribution in [2.75, 3.05) is 7.05 Å². The van der Waals surface area contributed by atoms with Gasteiger partial charge in [-0.2, -0.15) is 0 Å². The van der Waals surface area contributed by atoms with Crippen molar-refractivity contribution in [1.82, 2.24) is 0 Å². The fourth-order valence-electron chi connectivity index (χ4n) is 0. The van der Waals surface area contributed by atoms with E-state index in [4.69, 9.17) is 5.11 Å². The number of hydrogen-bond acceptors (Lipinski definition) is 2. The van der Waals surface area contributed by atoms with E-state index in [0.717, 1.165) is 0 Å². The molecule has 0 aliphatic carbocycles. The average molecular weight is 117 g/mol. The van der Waals surface area contributed by atoms with E-state index in [1.807, 2.05) is 0 Å². The zero-order valence-electron chi connectivity index (χ0n) is 5.14. The summed E-state index contributed by atoms with van der Waals surface area (Å²) in [6.45, 7) is 4.60. The highest BCUT2D eigenvalue weighted by Crippen LogP contribution is 1.81. The molecule has 0 bridgehead atoms. The second-order valence-corrected chi connectivity index (χ2v) is 1.09. The van der Waals surface area contributed by atoms with Crippen LogP contribution in [0.1, 0.15) is 6.92 Å². The molecule has 0 atom stereocenters. The highest BCUT2D eigenvalue weighted by Gasteiger charge is 1.90. The molecule has 0 aromatic carbocycles. The molecule has 0 aliphatic rings. The summed E-state index contributed by atoms with van der Waals surface area (Å²) in [6, 6.07) is 0. The molecule has 48 valence electrons. The van der Waals surface area contributed by atoms with Gasteiger partial charge in [0.25, 0.3) is 0 Å². The molecule has 0 rings (SSSR count). The van der Waals surface area contributed by atoms with Crippen LogP contribution in [-0.2, 0) is 4.79 Å². The number of carboxylic acid groups (broad SMARTS) is 1. The van der Waals surface area contributed by atoms with Gasteiger partial charge in [0.15, 0.2) is 0 Å². The van der Waals surface area contributed by atoms with Crippen LogP contribution in [0, 0.1) is 0 Å². The van der Waals surface area contributed by atoms with Gasteiger partial charge in [-0.25, -0.2) is 4.79 Å². The first kappa shape index (κ1) is 10.2. The zero-order chi connectivity index (χ0) is 7.15. The van der Waals surface area contributed by atoms with Gasteiger partial charge >= 0.3 is 5.97 Å². The van der Waals surface area contributed by atoms with Crippen LogP contribution in [0.25, 0.3) is 0 Å². The quantitative estimate of drug-likeness (QED) is 0.483. The van der Waals surface area contributed by atoms with Crippen LogP contribution in [0.2, 0.25) is 0 Å². The van der Waals surface area contributed by atoms with E-state index >= 15 is 0 Å². The third kappa shape index (κ3) is 8.95. The Kier molecular flexibility index (Phi) is 7.88. The van der Waals surface area contributed by atoms with Crippen LogP contribution in [-0.4, -0.2) is 18.1 Å². The van der Waals surface area contributed by atoms with Crippen molar-refractivity contribution < 1.29 is 9.90 Å². The molecule has 0 saturated heterocycles. The van der Waals surface area contributed by atoms with Crippen molar-refractivity contribution in [3.8, 4) is 0 Å². The smallest absolute Gasteiger partial charge is 0.330 e. The third-order valence-corrected chi connectivity index (χ3v) is 0.365. The Bertz CT molecular complexity index is 76.4. The van der Waals surface area contributed by atoms with E-state index in [0.29, 0.717) is 0 Å². The predicted molar refractivity (Wildman–Crippen MR) is 32.6 cm³/mol. The summed E-state index contributed by atoms with van der Waals surface area (Å²) in [4.78, 5) is 9.60. The van der Waals surface area contributed by atoms with Gasteiger partial charge in [-0.05, 0) is 14.0 Å². The summed E-state index contributed by atoms with van der Waals surface area (Å²) < 4.78 is 0. The summed E-state index contributed by atoms with van der Waals surface area (Å²) in [5, 5.41) is 7.89. The Morgan fingerprint density at radius 2 is 1.75 bits per heavy atom. The molecule has 3 nitrogen and oxygen atoms in total. The molecular weight excluding hydrogens is 106 g/mol. The molecule has 0 aromatic rings. The fraction of sp³-hybridized carbons (Fsp3) is 0.400. The van der Waals surface area contributed by atoms with Gasteiger partial charge in [0.05, 0.1) is 0 Å². The Balaban J connectivity index is 0. The topological polar surface area (TPSA) is 63.3 Å². The largest absolute Gasteiger partial charge is 0.478 e. The lowest BCUT2D eigenvalue weighted by molar-refractivity contribution is -0.132. The summed E-state index contributed by atoms with van der Waals surface area (Å²) in [7, 11) is 1.50. The molecule has 0 aromatic heterocycles. The van der Waals surface area contributed by atoms with Crippen LogP contribution in [0.15, 0.2) is 12.2 Å². The van der Waals surface area contributed by atoms with E-state index < -0.39 is 5.97 Å².